The Hall–Kier alpha value is -0.400. The van der Waals surface area contributed by atoms with E-state index in [-0.39, 0.29) is 6.04 Å². The number of thiazole rings is 1. The van der Waals surface area contributed by atoms with Crippen LogP contribution in [-0.2, 0) is 18.6 Å². The summed E-state index contributed by atoms with van der Waals surface area (Å²) in [5, 5.41) is 3.15. The van der Waals surface area contributed by atoms with E-state index in [1.807, 2.05) is 34.7 Å². The SMILES string of the molecule is NNC(Cc1nccs1)c1cc2c(s1)CCSC2. The summed E-state index contributed by atoms with van der Waals surface area (Å²) in [7, 11) is 0. The lowest BCUT2D eigenvalue weighted by Crippen LogP contribution is -2.28. The molecule has 1 aliphatic heterocycles. The van der Waals surface area contributed by atoms with Gasteiger partial charge in [0.1, 0.15) is 0 Å². The first-order chi connectivity index (χ1) is 8.86. The molecule has 0 saturated carbocycles. The number of aryl methyl sites for hydroxylation is 1. The molecule has 96 valence electrons. The molecule has 6 heteroatoms. The predicted molar refractivity (Wildman–Crippen MR) is 80.1 cm³/mol. The minimum Gasteiger partial charge on any atom is -0.271 e. The van der Waals surface area contributed by atoms with E-state index >= 15 is 0 Å². The highest BCUT2D eigenvalue weighted by Gasteiger charge is 2.19. The molecule has 3 nitrogen and oxygen atoms in total. The second-order valence-electron chi connectivity index (χ2n) is 4.25. The van der Waals surface area contributed by atoms with Gasteiger partial charge in [0.2, 0.25) is 0 Å². The van der Waals surface area contributed by atoms with Crippen molar-refractivity contribution < 1.29 is 0 Å². The number of nitrogens with one attached hydrogen (secondary N) is 1. The molecular weight excluding hydrogens is 282 g/mol. The van der Waals surface area contributed by atoms with Gasteiger partial charge in [-0.05, 0) is 23.8 Å². The van der Waals surface area contributed by atoms with Crippen LogP contribution in [-0.4, -0.2) is 10.7 Å². The highest BCUT2D eigenvalue weighted by Crippen LogP contribution is 2.35. The second kappa shape index (κ2) is 5.71. The minimum absolute atomic E-state index is 0.191. The number of nitrogens with zero attached hydrogens (tertiary/aromatic N) is 1. The maximum Gasteiger partial charge on any atom is 0.0944 e. The van der Waals surface area contributed by atoms with E-state index in [9.17, 15) is 0 Å². The Balaban J connectivity index is 1.80. The van der Waals surface area contributed by atoms with Crippen LogP contribution in [0.15, 0.2) is 17.6 Å². The lowest BCUT2D eigenvalue weighted by Gasteiger charge is -2.12. The maximum absolute atomic E-state index is 5.71. The van der Waals surface area contributed by atoms with Crippen molar-refractivity contribution in [3.63, 3.8) is 0 Å². The molecular formula is C12H15N3S3. The number of hydrogen-bond acceptors (Lipinski definition) is 6. The van der Waals surface area contributed by atoms with Crippen LogP contribution < -0.4 is 11.3 Å². The fourth-order valence-electron chi connectivity index (χ4n) is 2.11. The zero-order valence-electron chi connectivity index (χ0n) is 9.89. The van der Waals surface area contributed by atoms with E-state index in [0.717, 1.165) is 17.2 Å². The molecule has 1 aliphatic rings. The van der Waals surface area contributed by atoms with Crippen molar-refractivity contribution in [2.45, 2.75) is 24.6 Å². The molecule has 3 N–H and O–H groups in total. The number of fused-ring (bicyclic) bond motifs is 1. The van der Waals surface area contributed by atoms with Gasteiger partial charge >= 0.3 is 0 Å². The Bertz CT molecular complexity index is 483. The molecule has 2 aromatic heterocycles. The standard InChI is InChI=1S/C12H15N3S3/c13-15-9(6-12-14-2-4-17-12)11-5-8-7-16-3-1-10(8)18-11/h2,4-5,9,15H,1,3,6-7,13H2. The van der Waals surface area contributed by atoms with Gasteiger partial charge in [-0.3, -0.25) is 11.3 Å². The number of aromatic nitrogens is 1. The summed E-state index contributed by atoms with van der Waals surface area (Å²) in [4.78, 5) is 7.23. The second-order valence-corrected chi connectivity index (χ2v) is 7.50. The lowest BCUT2D eigenvalue weighted by molar-refractivity contribution is 0.559. The summed E-state index contributed by atoms with van der Waals surface area (Å²) >= 11 is 5.62. The number of hydrazine groups is 1. The van der Waals surface area contributed by atoms with Crippen LogP contribution in [0.5, 0.6) is 0 Å². The quantitative estimate of drug-likeness (QED) is 0.673. The van der Waals surface area contributed by atoms with Gasteiger partial charge in [-0.25, -0.2) is 4.98 Å². The molecule has 0 saturated heterocycles. The highest BCUT2D eigenvalue weighted by atomic mass is 32.2. The number of rotatable bonds is 4. The topological polar surface area (TPSA) is 50.9 Å². The summed E-state index contributed by atoms with van der Waals surface area (Å²) in [6.45, 7) is 0. The van der Waals surface area contributed by atoms with Crippen LogP contribution in [0.2, 0.25) is 0 Å². The first-order valence-electron chi connectivity index (χ1n) is 5.90. The van der Waals surface area contributed by atoms with E-state index in [1.54, 1.807) is 16.2 Å². The molecule has 0 amide bonds. The van der Waals surface area contributed by atoms with Crippen LogP contribution in [0.4, 0.5) is 0 Å². The fraction of sp³-hybridized carbons (Fsp3) is 0.417. The normalized spacial score (nSPS) is 16.5. The Labute approximate surface area is 119 Å². The van der Waals surface area contributed by atoms with Gasteiger partial charge < -0.3 is 0 Å². The van der Waals surface area contributed by atoms with Crippen molar-refractivity contribution in [3.05, 3.63) is 38.0 Å². The minimum atomic E-state index is 0.191. The average Bonchev–Trinajstić information content (AvgIpc) is 3.04. The summed E-state index contributed by atoms with van der Waals surface area (Å²) in [6.07, 6.45) is 3.93. The molecule has 3 heterocycles. The predicted octanol–water partition coefficient (Wildman–Crippen LogP) is 2.74. The molecule has 0 fully saturated rings. The number of thioether (sulfide) groups is 1. The maximum atomic E-state index is 5.71. The van der Waals surface area contributed by atoms with Gasteiger partial charge in [0.15, 0.2) is 0 Å². The zero-order chi connectivity index (χ0) is 12.4. The molecule has 1 atom stereocenters. The van der Waals surface area contributed by atoms with Crippen LogP contribution >= 0.6 is 34.4 Å². The van der Waals surface area contributed by atoms with Crippen molar-refractivity contribution in [1.82, 2.24) is 10.4 Å². The monoisotopic (exact) mass is 297 g/mol. The van der Waals surface area contributed by atoms with Crippen LogP contribution in [0.3, 0.4) is 0 Å². The van der Waals surface area contributed by atoms with Gasteiger partial charge in [-0.15, -0.1) is 22.7 Å². The molecule has 0 spiro atoms. The van der Waals surface area contributed by atoms with E-state index in [2.05, 4.69) is 16.5 Å². The zero-order valence-corrected chi connectivity index (χ0v) is 12.3. The molecule has 1 unspecified atom stereocenters. The lowest BCUT2D eigenvalue weighted by atomic mass is 10.1. The Kier molecular flexibility index (Phi) is 4.00. The van der Waals surface area contributed by atoms with E-state index in [4.69, 9.17) is 5.84 Å². The van der Waals surface area contributed by atoms with Crippen molar-refractivity contribution in [2.75, 3.05) is 5.75 Å². The van der Waals surface area contributed by atoms with Crippen molar-refractivity contribution in [1.29, 1.82) is 0 Å². The van der Waals surface area contributed by atoms with Gasteiger partial charge in [-0.2, -0.15) is 11.8 Å². The van der Waals surface area contributed by atoms with Crippen LogP contribution in [0.1, 0.15) is 26.4 Å². The summed E-state index contributed by atoms with van der Waals surface area (Å²) in [5.41, 5.74) is 4.44. The van der Waals surface area contributed by atoms with Gasteiger partial charge in [0.05, 0.1) is 11.0 Å². The van der Waals surface area contributed by atoms with Crippen LogP contribution in [0.25, 0.3) is 0 Å². The fourth-order valence-corrected chi connectivity index (χ4v) is 5.21. The van der Waals surface area contributed by atoms with E-state index < -0.39 is 0 Å². The third kappa shape index (κ3) is 2.62. The summed E-state index contributed by atoms with van der Waals surface area (Å²) in [6, 6.07) is 2.52. The summed E-state index contributed by atoms with van der Waals surface area (Å²) < 4.78 is 0. The van der Waals surface area contributed by atoms with Gasteiger partial charge in [0, 0.05) is 33.5 Å². The van der Waals surface area contributed by atoms with Crippen molar-refractivity contribution in [2.24, 2.45) is 5.84 Å². The third-order valence-electron chi connectivity index (χ3n) is 3.05. The smallest absolute Gasteiger partial charge is 0.0944 e. The van der Waals surface area contributed by atoms with Crippen LogP contribution in [0, 0.1) is 0 Å². The van der Waals surface area contributed by atoms with E-state index in [0.29, 0.717) is 0 Å². The third-order valence-corrected chi connectivity index (χ3v) is 6.21. The molecule has 0 bridgehead atoms. The molecule has 0 aromatic carbocycles. The molecule has 18 heavy (non-hydrogen) atoms. The van der Waals surface area contributed by atoms with Crippen molar-refractivity contribution >= 4 is 34.4 Å². The first kappa shape index (κ1) is 12.6. The Morgan fingerprint density at radius 3 is 3.17 bits per heavy atom. The van der Waals surface area contributed by atoms with E-state index in [1.165, 1.54) is 22.6 Å². The number of thiophene rings is 1. The summed E-state index contributed by atoms with van der Waals surface area (Å²) in [5.74, 6) is 8.11. The highest BCUT2D eigenvalue weighted by molar-refractivity contribution is 7.98. The average molecular weight is 297 g/mol. The Morgan fingerprint density at radius 2 is 2.44 bits per heavy atom. The van der Waals surface area contributed by atoms with Gasteiger partial charge in [-0.1, -0.05) is 0 Å². The Morgan fingerprint density at radius 1 is 1.50 bits per heavy atom. The largest absolute Gasteiger partial charge is 0.271 e. The molecule has 0 aliphatic carbocycles. The van der Waals surface area contributed by atoms with Gasteiger partial charge in [0.25, 0.3) is 0 Å². The number of nitrogens with two attached hydrogens (primary N) is 1. The number of hydrogen-bond donors (Lipinski definition) is 2. The molecule has 0 radical (unpaired) electrons. The first-order valence-corrected chi connectivity index (χ1v) is 8.75. The molecule has 3 rings (SSSR count). The molecule has 2 aromatic rings. The van der Waals surface area contributed by atoms with Crippen molar-refractivity contribution in [3.8, 4) is 0 Å².